The number of anilines is 1. The smallest absolute Gasteiger partial charge is 0.277 e. The molecule has 1 aromatic heterocycles. The van der Waals surface area contributed by atoms with E-state index in [2.05, 4.69) is 26.6 Å². The molecule has 2 heterocycles. The van der Waals surface area contributed by atoms with Crippen molar-refractivity contribution in [2.24, 2.45) is 0 Å². The maximum absolute atomic E-state index is 12.7. The Labute approximate surface area is 170 Å². The van der Waals surface area contributed by atoms with Gasteiger partial charge in [-0.1, -0.05) is 12.1 Å². The Kier molecular flexibility index (Phi) is 5.67. The van der Waals surface area contributed by atoms with Gasteiger partial charge in [-0.3, -0.25) is 14.5 Å². The fraction of sp³-hybridized carbons (Fsp3) is 0.500. The van der Waals surface area contributed by atoms with Crippen LogP contribution in [0.15, 0.2) is 28.9 Å². The Morgan fingerprint density at radius 3 is 2.86 bits per heavy atom. The fourth-order valence-corrected chi connectivity index (χ4v) is 4.29. The Bertz CT molecular complexity index is 907. The van der Waals surface area contributed by atoms with Crippen molar-refractivity contribution in [3.63, 3.8) is 0 Å². The van der Waals surface area contributed by atoms with E-state index in [0.717, 1.165) is 44.3 Å². The van der Waals surface area contributed by atoms with E-state index < -0.39 is 6.04 Å². The van der Waals surface area contributed by atoms with Gasteiger partial charge in [-0.2, -0.15) is 0 Å². The second-order valence-electron chi connectivity index (χ2n) is 8.04. The summed E-state index contributed by atoms with van der Waals surface area (Å²) in [6.07, 6.45) is 7.60. The zero-order valence-corrected chi connectivity index (χ0v) is 17.0. The first-order chi connectivity index (χ1) is 14.0. The number of nitrogens with one attached hydrogen (secondary N) is 2. The van der Waals surface area contributed by atoms with Gasteiger partial charge in [-0.15, -0.1) is 0 Å². The number of carbonyl (C=O) groups is 2. The number of aryl methyl sites for hydroxylation is 1. The van der Waals surface area contributed by atoms with Crippen molar-refractivity contribution in [1.82, 2.24) is 15.2 Å². The van der Waals surface area contributed by atoms with E-state index in [4.69, 9.17) is 4.42 Å². The summed E-state index contributed by atoms with van der Waals surface area (Å²) >= 11 is 0. The van der Waals surface area contributed by atoms with Crippen LogP contribution in [0.4, 0.5) is 5.69 Å². The number of hydrogen-bond acceptors (Lipinski definition) is 5. The zero-order chi connectivity index (χ0) is 20.4. The maximum atomic E-state index is 12.7. The predicted octanol–water partition coefficient (Wildman–Crippen LogP) is 3.08. The van der Waals surface area contributed by atoms with Crippen LogP contribution < -0.4 is 10.6 Å². The summed E-state index contributed by atoms with van der Waals surface area (Å²) in [7, 11) is 1.96. The number of hydrogen-bond donors (Lipinski definition) is 2. The highest BCUT2D eigenvalue weighted by molar-refractivity contribution is 6.03. The van der Waals surface area contributed by atoms with Crippen molar-refractivity contribution in [2.75, 3.05) is 18.9 Å². The number of nitrogens with zero attached hydrogens (tertiary/aromatic N) is 2. The highest BCUT2D eigenvalue weighted by Crippen LogP contribution is 2.28. The van der Waals surface area contributed by atoms with E-state index in [0.29, 0.717) is 5.89 Å². The molecule has 1 aliphatic carbocycles. The summed E-state index contributed by atoms with van der Waals surface area (Å²) in [5.74, 6) is 0.00452. The number of fused-ring (bicyclic) bond motifs is 1. The minimum atomic E-state index is -0.400. The van der Waals surface area contributed by atoms with Crippen molar-refractivity contribution >= 4 is 17.5 Å². The molecule has 7 heteroatoms. The molecule has 154 valence electrons. The van der Waals surface area contributed by atoms with Crippen LogP contribution in [0, 0.1) is 0 Å². The van der Waals surface area contributed by atoms with E-state index in [1.165, 1.54) is 23.8 Å². The second-order valence-corrected chi connectivity index (χ2v) is 8.04. The van der Waals surface area contributed by atoms with Crippen LogP contribution in [-0.2, 0) is 17.6 Å². The molecule has 29 heavy (non-hydrogen) atoms. The molecule has 1 saturated heterocycles. The van der Waals surface area contributed by atoms with Gasteiger partial charge in [-0.05, 0) is 76.2 Å². The van der Waals surface area contributed by atoms with Gasteiger partial charge < -0.3 is 15.1 Å². The molecule has 2 aliphatic rings. The monoisotopic (exact) mass is 396 g/mol. The lowest BCUT2D eigenvalue weighted by Gasteiger charge is -2.20. The van der Waals surface area contributed by atoms with Crippen molar-refractivity contribution in [2.45, 2.75) is 57.5 Å². The topological polar surface area (TPSA) is 87.5 Å². The van der Waals surface area contributed by atoms with Gasteiger partial charge in [-0.25, -0.2) is 4.98 Å². The third-order valence-electron chi connectivity index (χ3n) is 5.95. The second kappa shape index (κ2) is 8.37. The molecule has 2 aromatic rings. The lowest BCUT2D eigenvalue weighted by atomic mass is 9.90. The molecule has 1 aromatic carbocycles. The standard InChI is InChI=1S/C22H28N4O3/c1-14(23-21(28)19-11-6-12-26(19)2)22-25-18(13-29-22)20(27)24-17-10-5-8-15-7-3-4-9-16(15)17/h5,8,10,13-14,19H,3-4,6-7,9,11-12H2,1-2H3,(H,23,28)(H,24,27)/t14-,19-/m0/s1. The first kappa shape index (κ1) is 19.6. The van der Waals surface area contributed by atoms with E-state index in [-0.39, 0.29) is 23.6 Å². The van der Waals surface area contributed by atoms with Crippen LogP contribution in [0.1, 0.15) is 66.2 Å². The van der Waals surface area contributed by atoms with Gasteiger partial charge in [0.05, 0.1) is 6.04 Å². The minimum absolute atomic E-state index is 0.0300. The van der Waals surface area contributed by atoms with Crippen LogP contribution >= 0.6 is 0 Å². The molecule has 2 N–H and O–H groups in total. The van der Waals surface area contributed by atoms with Crippen LogP contribution in [0.5, 0.6) is 0 Å². The van der Waals surface area contributed by atoms with E-state index >= 15 is 0 Å². The predicted molar refractivity (Wildman–Crippen MR) is 110 cm³/mol. The van der Waals surface area contributed by atoms with Gasteiger partial charge in [0.15, 0.2) is 5.69 Å². The first-order valence-electron chi connectivity index (χ1n) is 10.4. The molecule has 1 fully saturated rings. The normalized spacial score (nSPS) is 20.1. The summed E-state index contributed by atoms with van der Waals surface area (Å²) in [5, 5.41) is 5.92. The summed E-state index contributed by atoms with van der Waals surface area (Å²) in [6.45, 7) is 2.74. The lowest BCUT2D eigenvalue weighted by molar-refractivity contribution is -0.125. The van der Waals surface area contributed by atoms with Crippen LogP contribution in [0.3, 0.4) is 0 Å². The summed E-state index contributed by atoms with van der Waals surface area (Å²) in [4.78, 5) is 31.5. The first-order valence-corrected chi connectivity index (χ1v) is 10.4. The molecule has 0 radical (unpaired) electrons. The van der Waals surface area contributed by atoms with Gasteiger partial charge in [0.1, 0.15) is 12.3 Å². The number of benzene rings is 1. The zero-order valence-electron chi connectivity index (χ0n) is 17.0. The molecule has 7 nitrogen and oxygen atoms in total. The molecule has 0 bridgehead atoms. The summed E-state index contributed by atoms with van der Waals surface area (Å²) in [5.41, 5.74) is 3.59. The Morgan fingerprint density at radius 1 is 1.24 bits per heavy atom. The molecule has 0 spiro atoms. The van der Waals surface area contributed by atoms with E-state index in [1.807, 2.05) is 26.1 Å². The highest BCUT2D eigenvalue weighted by Gasteiger charge is 2.29. The lowest BCUT2D eigenvalue weighted by Crippen LogP contribution is -2.42. The molecule has 1 aliphatic heterocycles. The SMILES string of the molecule is C[C@H](NC(=O)[C@@H]1CCCN1C)c1nc(C(=O)Nc2cccc3c2CCCC3)co1. The average Bonchev–Trinajstić information content (AvgIpc) is 3.37. The summed E-state index contributed by atoms with van der Waals surface area (Å²) < 4.78 is 5.49. The van der Waals surface area contributed by atoms with Crippen molar-refractivity contribution in [3.05, 3.63) is 47.2 Å². The summed E-state index contributed by atoms with van der Waals surface area (Å²) in [6, 6.07) is 5.53. The van der Waals surface area contributed by atoms with Crippen LogP contribution in [0.2, 0.25) is 0 Å². The Balaban J connectivity index is 1.41. The quantitative estimate of drug-likeness (QED) is 0.811. The molecular weight excluding hydrogens is 368 g/mol. The molecule has 2 atom stereocenters. The number of oxazole rings is 1. The van der Waals surface area contributed by atoms with Gasteiger partial charge in [0, 0.05) is 5.69 Å². The highest BCUT2D eigenvalue weighted by atomic mass is 16.3. The van der Waals surface area contributed by atoms with Gasteiger partial charge in [0.2, 0.25) is 11.8 Å². The minimum Gasteiger partial charge on any atom is -0.446 e. The van der Waals surface area contributed by atoms with Crippen molar-refractivity contribution < 1.29 is 14.0 Å². The molecular formula is C22H28N4O3. The number of likely N-dealkylation sites (N-methyl/N-ethyl adjacent to an activating group) is 1. The van der Waals surface area contributed by atoms with E-state index in [1.54, 1.807) is 0 Å². The van der Waals surface area contributed by atoms with Gasteiger partial charge in [0.25, 0.3) is 5.91 Å². The number of likely N-dealkylation sites (tertiary alicyclic amines) is 1. The van der Waals surface area contributed by atoms with Crippen LogP contribution in [-0.4, -0.2) is 41.3 Å². The molecule has 0 saturated carbocycles. The third kappa shape index (κ3) is 4.19. The van der Waals surface area contributed by atoms with Crippen molar-refractivity contribution in [1.29, 1.82) is 0 Å². The number of amides is 2. The number of carbonyl (C=O) groups excluding carboxylic acids is 2. The fourth-order valence-electron chi connectivity index (χ4n) is 4.29. The van der Waals surface area contributed by atoms with Crippen molar-refractivity contribution in [3.8, 4) is 0 Å². The largest absolute Gasteiger partial charge is 0.446 e. The molecule has 2 amide bonds. The average molecular weight is 396 g/mol. The van der Waals surface area contributed by atoms with Gasteiger partial charge >= 0.3 is 0 Å². The molecule has 4 rings (SSSR count). The third-order valence-corrected chi connectivity index (χ3v) is 5.95. The number of rotatable bonds is 5. The van der Waals surface area contributed by atoms with Crippen LogP contribution in [0.25, 0.3) is 0 Å². The molecule has 0 unspecified atom stereocenters. The van der Waals surface area contributed by atoms with E-state index in [9.17, 15) is 9.59 Å². The Morgan fingerprint density at radius 2 is 2.07 bits per heavy atom. The number of aromatic nitrogens is 1. The maximum Gasteiger partial charge on any atom is 0.277 e. The Hall–Kier alpha value is -2.67.